The molecule has 1 unspecified atom stereocenters. The van der Waals surface area contributed by atoms with Crippen LogP contribution in [0.1, 0.15) is 23.7 Å². The van der Waals surface area contributed by atoms with Crippen molar-refractivity contribution in [2.24, 2.45) is 0 Å². The van der Waals surface area contributed by atoms with Crippen molar-refractivity contribution < 1.29 is 19.1 Å². The first-order valence-corrected chi connectivity index (χ1v) is 10.4. The number of hydrogen-bond donors (Lipinski definition) is 2. The molecule has 0 saturated carbocycles. The standard InChI is InChI=1S/C24H26N4O4/c1-15-22(17-9-10-19(31-2)20(13-17)32-3)23-26-24(30)18(28(23)27-15)14-21(29)25-12-11-16-7-5-4-6-8-16/h4-10,13,18H,11-12,14H2,1-3H3,(H,25,29)(H,26,30). The van der Waals surface area contributed by atoms with Crippen LogP contribution in [0.2, 0.25) is 0 Å². The number of nitrogens with one attached hydrogen (secondary N) is 2. The van der Waals surface area contributed by atoms with E-state index < -0.39 is 6.04 Å². The molecule has 1 aliphatic heterocycles. The molecule has 1 aliphatic rings. The van der Waals surface area contributed by atoms with Crippen molar-refractivity contribution >= 4 is 17.6 Å². The molecule has 2 amide bonds. The SMILES string of the molecule is COc1ccc(-c2c(C)nn3c2NC(=O)C3CC(=O)NCCc2ccccc2)cc1OC. The average Bonchev–Trinajstić information content (AvgIpc) is 3.27. The Balaban J connectivity index is 1.49. The third-order valence-corrected chi connectivity index (χ3v) is 5.55. The average molecular weight is 434 g/mol. The lowest BCUT2D eigenvalue weighted by atomic mass is 10.1. The third-order valence-electron chi connectivity index (χ3n) is 5.55. The Morgan fingerprint density at radius 1 is 1.12 bits per heavy atom. The Morgan fingerprint density at radius 3 is 2.59 bits per heavy atom. The summed E-state index contributed by atoms with van der Waals surface area (Å²) in [5.41, 5.74) is 3.54. The fraction of sp³-hybridized carbons (Fsp3) is 0.292. The number of fused-ring (bicyclic) bond motifs is 1. The fourth-order valence-electron chi connectivity index (χ4n) is 3.96. The maximum Gasteiger partial charge on any atom is 0.251 e. The summed E-state index contributed by atoms with van der Waals surface area (Å²) in [6, 6.07) is 14.8. The van der Waals surface area contributed by atoms with Crippen molar-refractivity contribution in [3.8, 4) is 22.6 Å². The summed E-state index contributed by atoms with van der Waals surface area (Å²) in [5, 5.41) is 10.4. The van der Waals surface area contributed by atoms with Gasteiger partial charge in [-0.3, -0.25) is 9.59 Å². The van der Waals surface area contributed by atoms with Crippen LogP contribution in [0, 0.1) is 6.92 Å². The lowest BCUT2D eigenvalue weighted by Gasteiger charge is -2.10. The maximum atomic E-state index is 12.6. The van der Waals surface area contributed by atoms with Gasteiger partial charge in [0.2, 0.25) is 5.91 Å². The van der Waals surface area contributed by atoms with E-state index >= 15 is 0 Å². The molecule has 0 radical (unpaired) electrons. The number of ether oxygens (including phenoxy) is 2. The van der Waals surface area contributed by atoms with E-state index in [-0.39, 0.29) is 18.2 Å². The van der Waals surface area contributed by atoms with Crippen molar-refractivity contribution in [1.29, 1.82) is 0 Å². The molecule has 166 valence electrons. The van der Waals surface area contributed by atoms with Crippen molar-refractivity contribution in [2.45, 2.75) is 25.8 Å². The van der Waals surface area contributed by atoms with Gasteiger partial charge in [-0.15, -0.1) is 0 Å². The maximum absolute atomic E-state index is 12.6. The zero-order valence-electron chi connectivity index (χ0n) is 18.3. The van der Waals surface area contributed by atoms with E-state index in [2.05, 4.69) is 15.7 Å². The Bertz CT molecular complexity index is 1140. The van der Waals surface area contributed by atoms with Crippen molar-refractivity contribution in [3.05, 3.63) is 59.8 Å². The number of aryl methyl sites for hydroxylation is 1. The second-order valence-electron chi connectivity index (χ2n) is 7.62. The molecule has 2 aromatic carbocycles. The van der Waals surface area contributed by atoms with Crippen molar-refractivity contribution in [2.75, 3.05) is 26.1 Å². The first-order chi connectivity index (χ1) is 15.5. The van der Waals surface area contributed by atoms with Gasteiger partial charge in [0.15, 0.2) is 11.5 Å². The van der Waals surface area contributed by atoms with Gasteiger partial charge in [-0.25, -0.2) is 4.68 Å². The van der Waals surface area contributed by atoms with Crippen LogP contribution in [-0.4, -0.2) is 42.4 Å². The summed E-state index contributed by atoms with van der Waals surface area (Å²) < 4.78 is 12.3. The van der Waals surface area contributed by atoms with Gasteiger partial charge >= 0.3 is 0 Å². The van der Waals surface area contributed by atoms with E-state index in [0.29, 0.717) is 23.9 Å². The minimum absolute atomic E-state index is 0.0279. The fourth-order valence-corrected chi connectivity index (χ4v) is 3.96. The van der Waals surface area contributed by atoms with Crippen LogP contribution in [0.4, 0.5) is 5.82 Å². The molecule has 32 heavy (non-hydrogen) atoms. The van der Waals surface area contributed by atoms with E-state index in [1.54, 1.807) is 18.9 Å². The molecule has 4 rings (SSSR count). The molecule has 8 heteroatoms. The highest BCUT2D eigenvalue weighted by Gasteiger charge is 2.36. The second kappa shape index (κ2) is 9.13. The number of nitrogens with zero attached hydrogens (tertiary/aromatic N) is 2. The van der Waals surface area contributed by atoms with Gasteiger partial charge < -0.3 is 20.1 Å². The van der Waals surface area contributed by atoms with Gasteiger partial charge in [0.1, 0.15) is 11.9 Å². The molecule has 3 aromatic rings. The lowest BCUT2D eigenvalue weighted by Crippen LogP contribution is -2.30. The highest BCUT2D eigenvalue weighted by atomic mass is 16.5. The van der Waals surface area contributed by atoms with Crippen molar-refractivity contribution in [1.82, 2.24) is 15.1 Å². The van der Waals surface area contributed by atoms with Gasteiger partial charge in [0, 0.05) is 12.1 Å². The Morgan fingerprint density at radius 2 is 1.88 bits per heavy atom. The normalized spacial score (nSPS) is 14.6. The number of aromatic nitrogens is 2. The Labute approximate surface area is 186 Å². The third kappa shape index (κ3) is 4.16. The summed E-state index contributed by atoms with van der Waals surface area (Å²) in [6.45, 7) is 2.39. The largest absolute Gasteiger partial charge is 0.493 e. The minimum atomic E-state index is -0.686. The van der Waals surface area contributed by atoms with E-state index in [0.717, 1.165) is 28.8 Å². The number of benzene rings is 2. The van der Waals surface area contributed by atoms with Crippen LogP contribution >= 0.6 is 0 Å². The predicted molar refractivity (Wildman–Crippen MR) is 121 cm³/mol. The molecule has 2 heterocycles. The predicted octanol–water partition coefficient (Wildman–Crippen LogP) is 3.12. The summed E-state index contributed by atoms with van der Waals surface area (Å²) in [4.78, 5) is 25.1. The van der Waals surface area contributed by atoms with E-state index in [4.69, 9.17) is 9.47 Å². The number of carbonyl (C=O) groups is 2. The van der Waals surface area contributed by atoms with Gasteiger partial charge in [0.05, 0.1) is 26.3 Å². The summed E-state index contributed by atoms with van der Waals surface area (Å²) in [5.74, 6) is 1.36. The molecule has 1 atom stereocenters. The van der Waals surface area contributed by atoms with E-state index in [9.17, 15) is 9.59 Å². The molecule has 0 spiro atoms. The first kappa shape index (κ1) is 21.4. The van der Waals surface area contributed by atoms with Crippen LogP contribution in [0.25, 0.3) is 11.1 Å². The molecule has 8 nitrogen and oxygen atoms in total. The zero-order chi connectivity index (χ0) is 22.7. The minimum Gasteiger partial charge on any atom is -0.493 e. The number of hydrogen-bond acceptors (Lipinski definition) is 5. The van der Waals surface area contributed by atoms with E-state index in [1.165, 1.54) is 0 Å². The zero-order valence-corrected chi connectivity index (χ0v) is 18.3. The lowest BCUT2D eigenvalue weighted by molar-refractivity contribution is -0.126. The molecular formula is C24H26N4O4. The number of amides is 2. The summed E-state index contributed by atoms with van der Waals surface area (Å²) >= 11 is 0. The number of carbonyl (C=O) groups excluding carboxylic acids is 2. The van der Waals surface area contributed by atoms with Crippen LogP contribution in [0.15, 0.2) is 48.5 Å². The van der Waals surface area contributed by atoms with Crippen LogP contribution in [0.5, 0.6) is 11.5 Å². The highest BCUT2D eigenvalue weighted by Crippen LogP contribution is 2.41. The highest BCUT2D eigenvalue weighted by molar-refractivity contribution is 6.03. The van der Waals surface area contributed by atoms with Gasteiger partial charge in [-0.1, -0.05) is 36.4 Å². The molecule has 2 N–H and O–H groups in total. The molecule has 0 bridgehead atoms. The summed E-state index contributed by atoms with van der Waals surface area (Å²) in [7, 11) is 3.15. The topological polar surface area (TPSA) is 94.5 Å². The number of rotatable bonds is 8. The number of methoxy groups -OCH3 is 2. The molecular weight excluding hydrogens is 408 g/mol. The van der Waals surface area contributed by atoms with Crippen molar-refractivity contribution in [3.63, 3.8) is 0 Å². The van der Waals surface area contributed by atoms with E-state index in [1.807, 2.05) is 55.5 Å². The van der Waals surface area contributed by atoms with Crippen LogP contribution in [-0.2, 0) is 16.0 Å². The summed E-state index contributed by atoms with van der Waals surface area (Å²) in [6.07, 6.45) is 0.763. The molecule has 0 fully saturated rings. The van der Waals surface area contributed by atoms with Gasteiger partial charge in [-0.05, 0) is 36.6 Å². The smallest absolute Gasteiger partial charge is 0.251 e. The van der Waals surface area contributed by atoms with Crippen LogP contribution < -0.4 is 20.1 Å². The number of anilines is 1. The second-order valence-corrected chi connectivity index (χ2v) is 7.62. The van der Waals surface area contributed by atoms with Crippen LogP contribution in [0.3, 0.4) is 0 Å². The Hall–Kier alpha value is -3.81. The molecule has 1 aromatic heterocycles. The first-order valence-electron chi connectivity index (χ1n) is 10.4. The molecule has 0 aliphatic carbocycles. The quantitative estimate of drug-likeness (QED) is 0.568. The Kier molecular flexibility index (Phi) is 6.11. The van der Waals surface area contributed by atoms with Gasteiger partial charge in [-0.2, -0.15) is 5.10 Å². The molecule has 0 saturated heterocycles. The van der Waals surface area contributed by atoms with Gasteiger partial charge in [0.25, 0.3) is 5.91 Å². The monoisotopic (exact) mass is 434 g/mol.